The van der Waals surface area contributed by atoms with E-state index in [-0.39, 0.29) is 0 Å². The standard InChI is InChI=1S/C10H14N6/c1-16-7-14-9(15-16)3-5-13-10-6-8(11)2-4-12-10/h2,4,6-7H,3,5H2,1H3,(H3,11,12,13). The predicted molar refractivity (Wildman–Crippen MR) is 61.8 cm³/mol. The maximum atomic E-state index is 5.64. The molecule has 2 aromatic rings. The van der Waals surface area contributed by atoms with E-state index < -0.39 is 0 Å². The maximum absolute atomic E-state index is 5.64. The maximum Gasteiger partial charge on any atom is 0.152 e. The smallest absolute Gasteiger partial charge is 0.152 e. The number of aryl methyl sites for hydroxylation is 1. The highest BCUT2D eigenvalue weighted by Crippen LogP contribution is 2.07. The number of aromatic nitrogens is 4. The third kappa shape index (κ3) is 2.69. The summed E-state index contributed by atoms with van der Waals surface area (Å²) in [5, 5.41) is 7.34. The van der Waals surface area contributed by atoms with Gasteiger partial charge in [0, 0.05) is 38.0 Å². The molecule has 2 rings (SSSR count). The Morgan fingerprint density at radius 3 is 3.00 bits per heavy atom. The number of nitrogens with one attached hydrogen (secondary N) is 1. The van der Waals surface area contributed by atoms with Gasteiger partial charge in [-0.1, -0.05) is 0 Å². The summed E-state index contributed by atoms with van der Waals surface area (Å²) in [5.41, 5.74) is 6.34. The molecular formula is C10H14N6. The second-order valence-corrected chi connectivity index (χ2v) is 3.49. The topological polar surface area (TPSA) is 81.7 Å². The number of pyridine rings is 1. The molecule has 0 aliphatic rings. The van der Waals surface area contributed by atoms with E-state index in [9.17, 15) is 0 Å². The lowest BCUT2D eigenvalue weighted by Gasteiger charge is -2.03. The van der Waals surface area contributed by atoms with E-state index in [2.05, 4.69) is 20.4 Å². The van der Waals surface area contributed by atoms with E-state index in [1.54, 1.807) is 29.3 Å². The third-order valence-electron chi connectivity index (χ3n) is 2.09. The van der Waals surface area contributed by atoms with Crippen LogP contribution in [0.15, 0.2) is 24.7 Å². The summed E-state index contributed by atoms with van der Waals surface area (Å²) in [5.74, 6) is 1.59. The van der Waals surface area contributed by atoms with Gasteiger partial charge in [-0.2, -0.15) is 5.10 Å². The lowest BCUT2D eigenvalue weighted by Crippen LogP contribution is -2.07. The molecule has 0 aromatic carbocycles. The van der Waals surface area contributed by atoms with Crippen LogP contribution in [0.1, 0.15) is 5.82 Å². The Labute approximate surface area is 93.5 Å². The summed E-state index contributed by atoms with van der Waals surface area (Å²) in [7, 11) is 1.85. The van der Waals surface area contributed by atoms with Crippen LogP contribution in [-0.2, 0) is 13.5 Å². The van der Waals surface area contributed by atoms with Crippen LogP contribution < -0.4 is 11.1 Å². The highest BCUT2D eigenvalue weighted by Gasteiger charge is 1.99. The first kappa shape index (κ1) is 10.4. The van der Waals surface area contributed by atoms with E-state index in [4.69, 9.17) is 5.73 Å². The monoisotopic (exact) mass is 218 g/mol. The fraction of sp³-hybridized carbons (Fsp3) is 0.300. The molecule has 0 aliphatic carbocycles. The summed E-state index contributed by atoms with van der Waals surface area (Å²) in [6.07, 6.45) is 4.13. The van der Waals surface area contributed by atoms with Crippen molar-refractivity contribution in [3.8, 4) is 0 Å². The van der Waals surface area contributed by atoms with Crippen molar-refractivity contribution in [2.75, 3.05) is 17.6 Å². The highest BCUT2D eigenvalue weighted by atomic mass is 15.3. The van der Waals surface area contributed by atoms with Crippen molar-refractivity contribution >= 4 is 11.5 Å². The van der Waals surface area contributed by atoms with E-state index in [0.717, 1.165) is 24.6 Å². The van der Waals surface area contributed by atoms with Crippen LogP contribution in [0.25, 0.3) is 0 Å². The first-order valence-electron chi connectivity index (χ1n) is 5.04. The van der Waals surface area contributed by atoms with E-state index in [1.807, 2.05) is 7.05 Å². The molecule has 3 N–H and O–H groups in total. The number of hydrogen-bond acceptors (Lipinski definition) is 5. The molecule has 0 bridgehead atoms. The zero-order valence-electron chi connectivity index (χ0n) is 9.09. The van der Waals surface area contributed by atoms with Crippen LogP contribution in [0.4, 0.5) is 11.5 Å². The number of hydrogen-bond donors (Lipinski definition) is 2. The molecule has 0 saturated heterocycles. The number of anilines is 2. The quantitative estimate of drug-likeness (QED) is 0.778. The number of rotatable bonds is 4. The predicted octanol–water partition coefficient (Wildman–Crippen LogP) is 0.447. The minimum absolute atomic E-state index is 0.702. The van der Waals surface area contributed by atoms with Gasteiger partial charge >= 0.3 is 0 Å². The first-order chi connectivity index (χ1) is 7.74. The second kappa shape index (κ2) is 4.61. The Kier molecular flexibility index (Phi) is 3.00. The minimum atomic E-state index is 0.702. The Hall–Kier alpha value is -2.11. The van der Waals surface area contributed by atoms with Gasteiger partial charge in [0.15, 0.2) is 5.82 Å². The Balaban J connectivity index is 1.84. The summed E-state index contributed by atoms with van der Waals surface area (Å²) >= 11 is 0. The SMILES string of the molecule is Cn1cnc(CCNc2cc(N)ccn2)n1. The molecular weight excluding hydrogens is 204 g/mol. The van der Waals surface area contributed by atoms with Gasteiger partial charge in [-0.25, -0.2) is 9.97 Å². The Morgan fingerprint density at radius 1 is 1.44 bits per heavy atom. The van der Waals surface area contributed by atoms with Crippen LogP contribution in [-0.4, -0.2) is 26.3 Å². The Bertz CT molecular complexity index is 464. The van der Waals surface area contributed by atoms with Gasteiger partial charge in [0.25, 0.3) is 0 Å². The van der Waals surface area contributed by atoms with Crippen LogP contribution in [0.2, 0.25) is 0 Å². The molecule has 16 heavy (non-hydrogen) atoms. The highest BCUT2D eigenvalue weighted by molar-refractivity contribution is 5.48. The van der Waals surface area contributed by atoms with Crippen molar-refractivity contribution in [2.24, 2.45) is 7.05 Å². The van der Waals surface area contributed by atoms with Crippen LogP contribution in [0, 0.1) is 0 Å². The van der Waals surface area contributed by atoms with E-state index in [1.165, 1.54) is 0 Å². The molecule has 2 aromatic heterocycles. The molecule has 0 amide bonds. The number of nitrogens with two attached hydrogens (primary N) is 1. The molecule has 2 heterocycles. The fourth-order valence-electron chi connectivity index (χ4n) is 1.34. The van der Waals surface area contributed by atoms with Crippen LogP contribution in [0.5, 0.6) is 0 Å². The first-order valence-corrected chi connectivity index (χ1v) is 5.04. The van der Waals surface area contributed by atoms with Gasteiger partial charge in [0.1, 0.15) is 12.1 Å². The third-order valence-corrected chi connectivity index (χ3v) is 2.09. The van der Waals surface area contributed by atoms with Gasteiger partial charge in [-0.15, -0.1) is 0 Å². The van der Waals surface area contributed by atoms with Crippen LogP contribution >= 0.6 is 0 Å². The molecule has 0 unspecified atom stereocenters. The largest absolute Gasteiger partial charge is 0.399 e. The molecule has 0 spiro atoms. The van der Waals surface area contributed by atoms with Crippen LogP contribution in [0.3, 0.4) is 0 Å². The minimum Gasteiger partial charge on any atom is -0.399 e. The Morgan fingerprint density at radius 2 is 2.31 bits per heavy atom. The van der Waals surface area contributed by atoms with Crippen molar-refractivity contribution in [1.82, 2.24) is 19.7 Å². The van der Waals surface area contributed by atoms with Gasteiger partial charge < -0.3 is 11.1 Å². The molecule has 0 fully saturated rings. The van der Waals surface area contributed by atoms with Gasteiger partial charge in [0.2, 0.25) is 0 Å². The van der Waals surface area contributed by atoms with Gasteiger partial charge in [0.05, 0.1) is 0 Å². The molecule has 84 valence electrons. The lowest BCUT2D eigenvalue weighted by molar-refractivity contribution is 0.742. The molecule has 6 nitrogen and oxygen atoms in total. The summed E-state index contributed by atoms with van der Waals surface area (Å²) < 4.78 is 1.69. The molecule has 0 radical (unpaired) electrons. The van der Waals surface area contributed by atoms with Gasteiger partial charge in [-0.05, 0) is 6.07 Å². The zero-order chi connectivity index (χ0) is 11.4. The van der Waals surface area contributed by atoms with Gasteiger partial charge in [-0.3, -0.25) is 4.68 Å². The average molecular weight is 218 g/mol. The molecule has 6 heteroatoms. The van der Waals surface area contributed by atoms with Crippen molar-refractivity contribution in [3.63, 3.8) is 0 Å². The molecule has 0 saturated carbocycles. The molecule has 0 atom stereocenters. The number of nitrogens with zero attached hydrogens (tertiary/aromatic N) is 4. The van der Waals surface area contributed by atoms with Crippen molar-refractivity contribution in [3.05, 3.63) is 30.5 Å². The van der Waals surface area contributed by atoms with E-state index in [0.29, 0.717) is 5.69 Å². The fourth-order valence-corrected chi connectivity index (χ4v) is 1.34. The average Bonchev–Trinajstić information content (AvgIpc) is 2.64. The van der Waals surface area contributed by atoms with Crippen molar-refractivity contribution < 1.29 is 0 Å². The van der Waals surface area contributed by atoms with E-state index >= 15 is 0 Å². The summed E-state index contributed by atoms with van der Waals surface area (Å²) in [4.78, 5) is 8.27. The van der Waals surface area contributed by atoms with Crippen molar-refractivity contribution in [2.45, 2.75) is 6.42 Å². The summed E-state index contributed by atoms with van der Waals surface area (Å²) in [6.45, 7) is 0.737. The lowest BCUT2D eigenvalue weighted by atomic mass is 10.3. The zero-order valence-corrected chi connectivity index (χ0v) is 9.09. The number of nitrogen functional groups attached to an aromatic ring is 1. The van der Waals surface area contributed by atoms with Crippen molar-refractivity contribution in [1.29, 1.82) is 0 Å². The second-order valence-electron chi connectivity index (χ2n) is 3.49. The summed E-state index contributed by atoms with van der Waals surface area (Å²) in [6, 6.07) is 3.55. The normalized spacial score (nSPS) is 10.3. The molecule has 0 aliphatic heterocycles.